The zero-order chi connectivity index (χ0) is 12.3. The lowest BCUT2D eigenvalue weighted by atomic mass is 10.1. The van der Waals surface area contributed by atoms with Crippen LogP contribution in [0.4, 0.5) is 0 Å². The van der Waals surface area contributed by atoms with E-state index in [4.69, 9.17) is 0 Å². The number of hydrogen-bond donors (Lipinski definition) is 1. The average molecular weight is 230 g/mol. The van der Waals surface area contributed by atoms with Crippen LogP contribution in [0.25, 0.3) is 11.3 Å². The molecule has 0 saturated carbocycles. The average Bonchev–Trinajstić information content (AvgIpc) is 2.69. The minimum Gasteiger partial charge on any atom is -0.310 e. The minimum atomic E-state index is 0.473. The lowest BCUT2D eigenvalue weighted by Crippen LogP contribution is -2.21. The Kier molecular flexibility index (Phi) is 3.54. The summed E-state index contributed by atoms with van der Waals surface area (Å²) in [6.07, 6.45) is 5.65. The fourth-order valence-electron chi connectivity index (χ4n) is 1.73. The second-order valence-electron chi connectivity index (χ2n) is 4.45. The van der Waals surface area contributed by atoms with Crippen LogP contribution in [0.3, 0.4) is 0 Å². The van der Waals surface area contributed by atoms with Gasteiger partial charge in [0, 0.05) is 49.4 Å². The number of hydrogen-bond acceptors (Lipinski definition) is 3. The van der Waals surface area contributed by atoms with Crippen molar-refractivity contribution in [3.8, 4) is 11.3 Å². The summed E-state index contributed by atoms with van der Waals surface area (Å²) in [7, 11) is 1.95. The predicted molar refractivity (Wildman–Crippen MR) is 68.4 cm³/mol. The van der Waals surface area contributed by atoms with Crippen LogP contribution in [0, 0.1) is 0 Å². The standard InChI is InChI=1S/C13H18N4/c1-10(2)15-8-12-9-17(3)16-13(12)11-4-6-14-7-5-11/h4-7,9-10,15H,8H2,1-3H3. The van der Waals surface area contributed by atoms with Crippen LogP contribution >= 0.6 is 0 Å². The van der Waals surface area contributed by atoms with Crippen LogP contribution in [0.5, 0.6) is 0 Å². The van der Waals surface area contributed by atoms with Gasteiger partial charge in [0.05, 0.1) is 5.69 Å². The molecule has 2 heterocycles. The third-order valence-electron chi connectivity index (χ3n) is 2.56. The number of pyridine rings is 1. The van der Waals surface area contributed by atoms with Gasteiger partial charge in [-0.15, -0.1) is 0 Å². The third kappa shape index (κ3) is 2.91. The Labute approximate surface area is 102 Å². The predicted octanol–water partition coefficient (Wildman–Crippen LogP) is 1.98. The van der Waals surface area contributed by atoms with E-state index >= 15 is 0 Å². The van der Waals surface area contributed by atoms with Gasteiger partial charge in [-0.05, 0) is 12.1 Å². The van der Waals surface area contributed by atoms with Gasteiger partial charge in [0.1, 0.15) is 0 Å². The van der Waals surface area contributed by atoms with E-state index in [0.29, 0.717) is 6.04 Å². The van der Waals surface area contributed by atoms with Gasteiger partial charge >= 0.3 is 0 Å². The van der Waals surface area contributed by atoms with Crippen molar-refractivity contribution in [2.24, 2.45) is 7.05 Å². The topological polar surface area (TPSA) is 42.7 Å². The number of rotatable bonds is 4. The summed E-state index contributed by atoms with van der Waals surface area (Å²) in [4.78, 5) is 4.03. The van der Waals surface area contributed by atoms with E-state index in [2.05, 4.69) is 35.4 Å². The zero-order valence-electron chi connectivity index (χ0n) is 10.5. The number of aromatic nitrogens is 3. The van der Waals surface area contributed by atoms with Crippen molar-refractivity contribution in [1.82, 2.24) is 20.1 Å². The molecule has 0 bridgehead atoms. The Bertz CT molecular complexity index is 473. The summed E-state index contributed by atoms with van der Waals surface area (Å²) in [5, 5.41) is 7.92. The smallest absolute Gasteiger partial charge is 0.0969 e. The Balaban J connectivity index is 2.28. The third-order valence-corrected chi connectivity index (χ3v) is 2.56. The molecule has 4 heteroatoms. The molecule has 2 aromatic heterocycles. The molecule has 0 spiro atoms. The molecule has 0 saturated heterocycles. The SMILES string of the molecule is CC(C)NCc1cn(C)nc1-c1ccncc1. The lowest BCUT2D eigenvalue weighted by molar-refractivity contribution is 0.589. The molecular weight excluding hydrogens is 212 g/mol. The molecule has 0 fully saturated rings. The molecule has 0 aliphatic carbocycles. The van der Waals surface area contributed by atoms with Crippen LogP contribution in [0.1, 0.15) is 19.4 Å². The van der Waals surface area contributed by atoms with Crippen molar-refractivity contribution in [1.29, 1.82) is 0 Å². The molecule has 2 rings (SSSR count). The van der Waals surface area contributed by atoms with Gasteiger partial charge in [0.2, 0.25) is 0 Å². The largest absolute Gasteiger partial charge is 0.310 e. The van der Waals surface area contributed by atoms with E-state index in [1.807, 2.05) is 23.9 Å². The van der Waals surface area contributed by atoms with Crippen LogP contribution in [-0.2, 0) is 13.6 Å². The highest BCUT2D eigenvalue weighted by atomic mass is 15.3. The molecular formula is C13H18N4. The highest BCUT2D eigenvalue weighted by molar-refractivity contribution is 5.61. The first-order valence-corrected chi connectivity index (χ1v) is 5.83. The molecule has 0 aliphatic heterocycles. The van der Waals surface area contributed by atoms with Crippen molar-refractivity contribution in [3.63, 3.8) is 0 Å². The van der Waals surface area contributed by atoms with E-state index in [1.54, 1.807) is 12.4 Å². The van der Waals surface area contributed by atoms with Gasteiger partial charge in [0.25, 0.3) is 0 Å². The molecule has 4 nitrogen and oxygen atoms in total. The molecule has 0 atom stereocenters. The summed E-state index contributed by atoms with van der Waals surface area (Å²) in [5.41, 5.74) is 3.36. The second-order valence-corrected chi connectivity index (χ2v) is 4.45. The molecule has 0 aliphatic rings. The van der Waals surface area contributed by atoms with Crippen LogP contribution in [0.2, 0.25) is 0 Å². The van der Waals surface area contributed by atoms with Crippen molar-refractivity contribution < 1.29 is 0 Å². The number of nitrogens with zero attached hydrogens (tertiary/aromatic N) is 3. The van der Waals surface area contributed by atoms with Crippen LogP contribution in [-0.4, -0.2) is 20.8 Å². The van der Waals surface area contributed by atoms with Gasteiger partial charge < -0.3 is 5.32 Å². The van der Waals surface area contributed by atoms with E-state index in [1.165, 1.54) is 5.56 Å². The van der Waals surface area contributed by atoms with Gasteiger partial charge in [0.15, 0.2) is 0 Å². The van der Waals surface area contributed by atoms with Gasteiger partial charge in [-0.1, -0.05) is 13.8 Å². The first-order valence-electron chi connectivity index (χ1n) is 5.83. The maximum Gasteiger partial charge on any atom is 0.0969 e. The quantitative estimate of drug-likeness (QED) is 0.873. The minimum absolute atomic E-state index is 0.473. The van der Waals surface area contributed by atoms with Crippen LogP contribution < -0.4 is 5.32 Å². The zero-order valence-corrected chi connectivity index (χ0v) is 10.5. The van der Waals surface area contributed by atoms with E-state index < -0.39 is 0 Å². The first kappa shape index (κ1) is 11.8. The Hall–Kier alpha value is -1.68. The lowest BCUT2D eigenvalue weighted by Gasteiger charge is -2.07. The molecule has 0 unspecified atom stereocenters. The molecule has 2 aromatic rings. The van der Waals surface area contributed by atoms with E-state index in [0.717, 1.165) is 17.8 Å². The fourth-order valence-corrected chi connectivity index (χ4v) is 1.73. The molecule has 90 valence electrons. The highest BCUT2D eigenvalue weighted by Crippen LogP contribution is 2.20. The second kappa shape index (κ2) is 5.10. The highest BCUT2D eigenvalue weighted by Gasteiger charge is 2.09. The van der Waals surface area contributed by atoms with Crippen LogP contribution in [0.15, 0.2) is 30.7 Å². The summed E-state index contributed by atoms with van der Waals surface area (Å²) in [6, 6.07) is 4.45. The van der Waals surface area contributed by atoms with E-state index in [-0.39, 0.29) is 0 Å². The summed E-state index contributed by atoms with van der Waals surface area (Å²) < 4.78 is 1.85. The molecule has 0 radical (unpaired) electrons. The Morgan fingerprint density at radius 2 is 2.00 bits per heavy atom. The Morgan fingerprint density at radius 1 is 1.29 bits per heavy atom. The first-order chi connectivity index (χ1) is 8.16. The summed E-state index contributed by atoms with van der Waals surface area (Å²) >= 11 is 0. The molecule has 0 amide bonds. The number of nitrogens with one attached hydrogen (secondary N) is 1. The van der Waals surface area contributed by atoms with Gasteiger partial charge in [-0.3, -0.25) is 9.67 Å². The molecule has 0 aromatic carbocycles. The normalized spacial score (nSPS) is 11.1. The van der Waals surface area contributed by atoms with Crippen molar-refractivity contribution in [3.05, 3.63) is 36.3 Å². The van der Waals surface area contributed by atoms with Crippen molar-refractivity contribution in [2.45, 2.75) is 26.4 Å². The number of aryl methyl sites for hydroxylation is 1. The monoisotopic (exact) mass is 230 g/mol. The van der Waals surface area contributed by atoms with Gasteiger partial charge in [-0.25, -0.2) is 0 Å². The Morgan fingerprint density at radius 3 is 2.65 bits per heavy atom. The fraction of sp³-hybridized carbons (Fsp3) is 0.385. The maximum absolute atomic E-state index is 4.51. The van der Waals surface area contributed by atoms with Crippen molar-refractivity contribution >= 4 is 0 Å². The van der Waals surface area contributed by atoms with Gasteiger partial charge in [-0.2, -0.15) is 5.10 Å². The summed E-state index contributed by atoms with van der Waals surface area (Å²) in [6.45, 7) is 5.12. The molecule has 17 heavy (non-hydrogen) atoms. The summed E-state index contributed by atoms with van der Waals surface area (Å²) in [5.74, 6) is 0. The molecule has 1 N–H and O–H groups in total. The van der Waals surface area contributed by atoms with Crippen molar-refractivity contribution in [2.75, 3.05) is 0 Å². The maximum atomic E-state index is 4.51. The van der Waals surface area contributed by atoms with E-state index in [9.17, 15) is 0 Å².